The second kappa shape index (κ2) is 4.99. The molecule has 0 fully saturated rings. The van der Waals surface area contributed by atoms with Crippen LogP contribution >= 0.6 is 27.5 Å². The predicted molar refractivity (Wildman–Crippen MR) is 73.5 cm³/mol. The first-order valence-corrected chi connectivity index (χ1v) is 6.70. The van der Waals surface area contributed by atoms with Crippen molar-refractivity contribution >= 4 is 27.5 Å². The Bertz CT molecular complexity index is 568. The Morgan fingerprint density at radius 2 is 2.22 bits per heavy atom. The second-order valence-corrected chi connectivity index (χ2v) is 5.45. The third kappa shape index (κ3) is 2.30. The molecule has 1 atom stereocenters. The number of halogens is 2. The van der Waals surface area contributed by atoms with Gasteiger partial charge in [-0.3, -0.25) is 0 Å². The molecule has 2 rings (SSSR count). The van der Waals surface area contributed by atoms with Gasteiger partial charge in [-0.1, -0.05) is 38.8 Å². The van der Waals surface area contributed by atoms with Gasteiger partial charge in [0, 0.05) is 21.6 Å². The summed E-state index contributed by atoms with van der Waals surface area (Å²) >= 11 is 9.53. The summed E-state index contributed by atoms with van der Waals surface area (Å²) in [6.45, 7) is 4.27. The number of nitrogens with zero attached hydrogens (tertiary/aromatic N) is 3. The highest BCUT2D eigenvalue weighted by Gasteiger charge is 2.31. The average molecular weight is 331 g/mol. The van der Waals surface area contributed by atoms with E-state index in [1.54, 1.807) is 29.9 Å². The van der Waals surface area contributed by atoms with Crippen LogP contribution in [0, 0.1) is 0 Å². The number of aromatic nitrogens is 3. The SMILES string of the molecule is CCn1nncc1C(C)(O)c1ccc(Br)cc1Cl. The van der Waals surface area contributed by atoms with Crippen LogP contribution in [0.25, 0.3) is 0 Å². The van der Waals surface area contributed by atoms with Crippen molar-refractivity contribution in [1.82, 2.24) is 15.0 Å². The number of aryl methyl sites for hydroxylation is 1. The molecular formula is C12H13BrClN3O. The van der Waals surface area contributed by atoms with Crippen molar-refractivity contribution in [3.63, 3.8) is 0 Å². The van der Waals surface area contributed by atoms with Crippen molar-refractivity contribution in [3.8, 4) is 0 Å². The lowest BCUT2D eigenvalue weighted by atomic mass is 9.93. The molecule has 0 bridgehead atoms. The Morgan fingerprint density at radius 3 is 2.83 bits per heavy atom. The third-order valence-corrected chi connectivity index (χ3v) is 3.68. The van der Waals surface area contributed by atoms with Crippen LogP contribution in [-0.2, 0) is 12.1 Å². The Morgan fingerprint density at radius 1 is 1.50 bits per heavy atom. The van der Waals surface area contributed by atoms with Crippen molar-refractivity contribution in [2.45, 2.75) is 26.0 Å². The van der Waals surface area contributed by atoms with Crippen LogP contribution in [0.3, 0.4) is 0 Å². The quantitative estimate of drug-likeness (QED) is 0.941. The van der Waals surface area contributed by atoms with Gasteiger partial charge in [0.25, 0.3) is 0 Å². The standard InChI is InChI=1S/C12H13BrClN3O/c1-3-17-11(7-15-16-17)12(2,18)9-5-4-8(13)6-10(9)14/h4-7,18H,3H2,1-2H3. The van der Waals surface area contributed by atoms with Crippen LogP contribution in [0.15, 0.2) is 28.9 Å². The van der Waals surface area contributed by atoms with Gasteiger partial charge in [-0.25, -0.2) is 4.68 Å². The lowest BCUT2D eigenvalue weighted by Crippen LogP contribution is -2.27. The maximum atomic E-state index is 10.7. The predicted octanol–water partition coefficient (Wildman–Crippen LogP) is 2.97. The molecule has 0 aliphatic carbocycles. The van der Waals surface area contributed by atoms with Crippen LogP contribution < -0.4 is 0 Å². The van der Waals surface area contributed by atoms with E-state index in [0.29, 0.717) is 22.8 Å². The molecule has 0 spiro atoms. The molecule has 0 saturated heterocycles. The van der Waals surface area contributed by atoms with Crippen LogP contribution in [0.5, 0.6) is 0 Å². The van der Waals surface area contributed by atoms with Crippen LogP contribution in [0.1, 0.15) is 25.1 Å². The average Bonchev–Trinajstić information content (AvgIpc) is 2.76. The first-order chi connectivity index (χ1) is 8.46. The van der Waals surface area contributed by atoms with Crippen molar-refractivity contribution in [1.29, 1.82) is 0 Å². The van der Waals surface area contributed by atoms with E-state index in [9.17, 15) is 5.11 Å². The number of hydrogen-bond donors (Lipinski definition) is 1. The summed E-state index contributed by atoms with van der Waals surface area (Å²) in [5, 5.41) is 19.0. The fraction of sp³-hybridized carbons (Fsp3) is 0.333. The summed E-state index contributed by atoms with van der Waals surface area (Å²) in [5.74, 6) is 0. The second-order valence-electron chi connectivity index (χ2n) is 4.13. The Balaban J connectivity index is 2.54. The molecule has 96 valence electrons. The van der Waals surface area contributed by atoms with E-state index in [1.807, 2.05) is 13.0 Å². The van der Waals surface area contributed by atoms with Crippen LogP contribution in [-0.4, -0.2) is 20.1 Å². The summed E-state index contributed by atoms with van der Waals surface area (Å²) in [7, 11) is 0. The first kappa shape index (κ1) is 13.5. The highest BCUT2D eigenvalue weighted by atomic mass is 79.9. The Kier molecular flexibility index (Phi) is 3.75. The fourth-order valence-corrected chi connectivity index (χ4v) is 2.75. The van der Waals surface area contributed by atoms with E-state index < -0.39 is 5.60 Å². The van der Waals surface area contributed by atoms with Crippen molar-refractivity contribution < 1.29 is 5.11 Å². The van der Waals surface area contributed by atoms with E-state index in [0.717, 1.165) is 4.47 Å². The largest absolute Gasteiger partial charge is 0.379 e. The van der Waals surface area contributed by atoms with E-state index in [1.165, 1.54) is 0 Å². The zero-order chi connectivity index (χ0) is 13.3. The molecular weight excluding hydrogens is 318 g/mol. The van der Waals surface area contributed by atoms with E-state index in [-0.39, 0.29) is 0 Å². The maximum Gasteiger partial charge on any atom is 0.131 e. The normalized spacial score (nSPS) is 14.5. The highest BCUT2D eigenvalue weighted by Crippen LogP contribution is 2.34. The summed E-state index contributed by atoms with van der Waals surface area (Å²) < 4.78 is 2.52. The van der Waals surface area contributed by atoms with Crippen LogP contribution in [0.2, 0.25) is 5.02 Å². The summed E-state index contributed by atoms with van der Waals surface area (Å²) in [4.78, 5) is 0. The highest BCUT2D eigenvalue weighted by molar-refractivity contribution is 9.10. The molecule has 0 saturated carbocycles. The molecule has 0 radical (unpaired) electrons. The van der Waals surface area contributed by atoms with Gasteiger partial charge in [-0.05, 0) is 26.0 Å². The van der Waals surface area contributed by atoms with Gasteiger partial charge in [0.05, 0.1) is 11.9 Å². The third-order valence-electron chi connectivity index (χ3n) is 2.87. The Labute approximate surface area is 119 Å². The molecule has 1 N–H and O–H groups in total. The summed E-state index contributed by atoms with van der Waals surface area (Å²) in [5.41, 5.74) is 0.0238. The molecule has 0 amide bonds. The van der Waals surface area contributed by atoms with Gasteiger partial charge in [0.15, 0.2) is 0 Å². The number of aliphatic hydroxyl groups is 1. The zero-order valence-electron chi connectivity index (χ0n) is 10.1. The first-order valence-electron chi connectivity index (χ1n) is 5.53. The number of rotatable bonds is 3. The van der Waals surface area contributed by atoms with Gasteiger partial charge < -0.3 is 5.11 Å². The zero-order valence-corrected chi connectivity index (χ0v) is 12.4. The molecule has 18 heavy (non-hydrogen) atoms. The smallest absolute Gasteiger partial charge is 0.131 e. The van der Waals surface area contributed by atoms with Gasteiger partial charge in [-0.15, -0.1) is 5.10 Å². The molecule has 2 aromatic rings. The molecule has 0 aliphatic rings. The van der Waals surface area contributed by atoms with Crippen molar-refractivity contribution in [2.75, 3.05) is 0 Å². The monoisotopic (exact) mass is 329 g/mol. The number of benzene rings is 1. The van der Waals surface area contributed by atoms with Crippen LogP contribution in [0.4, 0.5) is 0 Å². The maximum absolute atomic E-state index is 10.7. The molecule has 1 heterocycles. The minimum absolute atomic E-state index is 0.498. The molecule has 1 aromatic heterocycles. The topological polar surface area (TPSA) is 50.9 Å². The molecule has 6 heteroatoms. The Hall–Kier alpha value is -0.910. The van der Waals surface area contributed by atoms with Gasteiger partial charge in [-0.2, -0.15) is 0 Å². The van der Waals surface area contributed by atoms with Gasteiger partial charge in [0.1, 0.15) is 5.60 Å². The van der Waals surface area contributed by atoms with Crippen molar-refractivity contribution in [3.05, 3.63) is 45.1 Å². The van der Waals surface area contributed by atoms with Gasteiger partial charge in [0.2, 0.25) is 0 Å². The number of hydrogen-bond acceptors (Lipinski definition) is 3. The molecule has 1 unspecified atom stereocenters. The van der Waals surface area contributed by atoms with E-state index in [4.69, 9.17) is 11.6 Å². The lowest BCUT2D eigenvalue weighted by Gasteiger charge is -2.25. The minimum Gasteiger partial charge on any atom is -0.379 e. The molecule has 4 nitrogen and oxygen atoms in total. The van der Waals surface area contributed by atoms with Gasteiger partial charge >= 0.3 is 0 Å². The van der Waals surface area contributed by atoms with E-state index >= 15 is 0 Å². The fourth-order valence-electron chi connectivity index (χ4n) is 1.89. The summed E-state index contributed by atoms with van der Waals surface area (Å²) in [6, 6.07) is 5.39. The molecule has 1 aromatic carbocycles. The molecule has 0 aliphatic heterocycles. The van der Waals surface area contributed by atoms with E-state index in [2.05, 4.69) is 26.2 Å². The minimum atomic E-state index is -1.22. The summed E-state index contributed by atoms with van der Waals surface area (Å²) in [6.07, 6.45) is 1.56. The lowest BCUT2D eigenvalue weighted by molar-refractivity contribution is 0.0918. The van der Waals surface area contributed by atoms with Crippen molar-refractivity contribution in [2.24, 2.45) is 0 Å².